The van der Waals surface area contributed by atoms with Crippen molar-refractivity contribution >= 4 is 17.2 Å². The van der Waals surface area contributed by atoms with Crippen molar-refractivity contribution in [1.29, 1.82) is 0 Å². The van der Waals surface area contributed by atoms with Crippen LogP contribution < -0.4 is 5.32 Å². The summed E-state index contributed by atoms with van der Waals surface area (Å²) in [5, 5.41) is 6.88. The number of halogens is 2. The molecule has 0 aliphatic carbocycles. The average Bonchev–Trinajstić information content (AvgIpc) is 3.06. The topological polar surface area (TPSA) is 72.2 Å². The van der Waals surface area contributed by atoms with E-state index < -0.39 is 17.5 Å². The molecule has 0 radical (unpaired) electrons. The molecule has 26 heavy (non-hydrogen) atoms. The number of fused-ring (bicyclic) bond motifs is 1. The van der Waals surface area contributed by atoms with Crippen molar-refractivity contribution in [2.75, 3.05) is 5.32 Å². The highest BCUT2D eigenvalue weighted by atomic mass is 19.1. The predicted octanol–water partition coefficient (Wildman–Crippen LogP) is 3.32. The van der Waals surface area contributed by atoms with Crippen LogP contribution in [0.4, 0.5) is 14.5 Å². The summed E-state index contributed by atoms with van der Waals surface area (Å²) in [6.45, 7) is 0. The minimum atomic E-state index is -0.736. The smallest absolute Gasteiger partial charge is 0.276 e. The van der Waals surface area contributed by atoms with E-state index in [9.17, 15) is 13.6 Å². The molecule has 128 valence electrons. The standard InChI is InChI=1S/C18H11F2N5O/c19-12-2-1-3-13(20)17(12)14-4-5-16-22-10-15(25(16)24-14)18(26)23-11-6-8-21-9-7-11/h1-10H,(H,21,23,26). The fourth-order valence-electron chi connectivity index (χ4n) is 2.53. The van der Waals surface area contributed by atoms with Gasteiger partial charge in [-0.15, -0.1) is 0 Å². The summed E-state index contributed by atoms with van der Waals surface area (Å²) < 4.78 is 29.3. The number of nitrogens with one attached hydrogen (secondary N) is 1. The van der Waals surface area contributed by atoms with Crippen LogP contribution in [0.5, 0.6) is 0 Å². The van der Waals surface area contributed by atoms with E-state index in [2.05, 4.69) is 20.4 Å². The van der Waals surface area contributed by atoms with Gasteiger partial charge >= 0.3 is 0 Å². The van der Waals surface area contributed by atoms with Crippen LogP contribution in [0, 0.1) is 11.6 Å². The number of pyridine rings is 1. The first-order chi connectivity index (χ1) is 12.6. The zero-order chi connectivity index (χ0) is 18.1. The summed E-state index contributed by atoms with van der Waals surface area (Å²) in [6, 6.07) is 9.83. The van der Waals surface area contributed by atoms with E-state index in [0.717, 1.165) is 12.1 Å². The highest BCUT2D eigenvalue weighted by Crippen LogP contribution is 2.24. The van der Waals surface area contributed by atoms with Gasteiger partial charge in [-0.1, -0.05) is 6.07 Å². The summed E-state index contributed by atoms with van der Waals surface area (Å²) in [5.41, 5.74) is 0.865. The number of amides is 1. The Labute approximate surface area is 146 Å². The lowest BCUT2D eigenvalue weighted by Gasteiger charge is -2.07. The maximum absolute atomic E-state index is 14.0. The van der Waals surface area contributed by atoms with Crippen molar-refractivity contribution < 1.29 is 13.6 Å². The molecule has 0 aliphatic heterocycles. The molecule has 1 aromatic carbocycles. The zero-order valence-electron chi connectivity index (χ0n) is 13.2. The molecule has 4 rings (SSSR count). The lowest BCUT2D eigenvalue weighted by Crippen LogP contribution is -2.15. The number of anilines is 1. The van der Waals surface area contributed by atoms with E-state index in [1.54, 1.807) is 24.5 Å². The third-order valence-electron chi connectivity index (χ3n) is 3.75. The molecule has 0 bridgehead atoms. The molecule has 8 heteroatoms. The van der Waals surface area contributed by atoms with Crippen molar-refractivity contribution in [2.24, 2.45) is 0 Å². The number of imidazole rings is 1. The number of hydrogen-bond donors (Lipinski definition) is 1. The Bertz CT molecular complexity index is 1090. The van der Waals surface area contributed by atoms with E-state index in [1.807, 2.05) is 0 Å². The van der Waals surface area contributed by atoms with Crippen LogP contribution in [0.2, 0.25) is 0 Å². The van der Waals surface area contributed by atoms with Gasteiger partial charge in [-0.25, -0.2) is 18.3 Å². The molecule has 0 saturated heterocycles. The van der Waals surface area contributed by atoms with Crippen LogP contribution in [-0.2, 0) is 0 Å². The molecule has 0 aliphatic rings. The summed E-state index contributed by atoms with van der Waals surface area (Å²) in [4.78, 5) is 20.5. The minimum absolute atomic E-state index is 0.0593. The SMILES string of the molecule is O=C(Nc1ccncc1)c1cnc2ccc(-c3c(F)cccc3F)nn12. The number of rotatable bonds is 3. The number of nitrogens with zero attached hydrogens (tertiary/aromatic N) is 4. The van der Waals surface area contributed by atoms with Gasteiger partial charge in [0.15, 0.2) is 11.3 Å². The minimum Gasteiger partial charge on any atom is -0.320 e. The van der Waals surface area contributed by atoms with Gasteiger partial charge in [-0.2, -0.15) is 5.10 Å². The second kappa shape index (κ2) is 6.32. The van der Waals surface area contributed by atoms with Gasteiger partial charge in [0, 0.05) is 18.1 Å². The molecule has 0 spiro atoms. The van der Waals surface area contributed by atoms with E-state index in [0.29, 0.717) is 11.3 Å². The Hall–Kier alpha value is -3.68. The lowest BCUT2D eigenvalue weighted by molar-refractivity contribution is 0.102. The van der Waals surface area contributed by atoms with Crippen molar-refractivity contribution in [3.05, 3.63) is 78.4 Å². The van der Waals surface area contributed by atoms with Crippen molar-refractivity contribution in [3.8, 4) is 11.3 Å². The maximum Gasteiger partial charge on any atom is 0.276 e. The monoisotopic (exact) mass is 351 g/mol. The largest absolute Gasteiger partial charge is 0.320 e. The summed E-state index contributed by atoms with van der Waals surface area (Å²) >= 11 is 0. The summed E-state index contributed by atoms with van der Waals surface area (Å²) in [6.07, 6.45) is 4.43. The van der Waals surface area contributed by atoms with Gasteiger partial charge < -0.3 is 5.32 Å². The van der Waals surface area contributed by atoms with Gasteiger partial charge in [0.25, 0.3) is 5.91 Å². The molecule has 1 amide bonds. The highest BCUT2D eigenvalue weighted by Gasteiger charge is 2.17. The molecular weight excluding hydrogens is 340 g/mol. The molecular formula is C18H11F2N5O. The van der Waals surface area contributed by atoms with Gasteiger partial charge in [0.1, 0.15) is 11.6 Å². The van der Waals surface area contributed by atoms with Crippen molar-refractivity contribution in [3.63, 3.8) is 0 Å². The first-order valence-corrected chi connectivity index (χ1v) is 7.64. The summed E-state index contributed by atoms with van der Waals surface area (Å²) in [7, 11) is 0. The second-order valence-corrected chi connectivity index (χ2v) is 5.42. The van der Waals surface area contributed by atoms with Gasteiger partial charge in [0.2, 0.25) is 0 Å². The van der Waals surface area contributed by atoms with Crippen LogP contribution in [0.15, 0.2) is 61.1 Å². The molecule has 4 aromatic rings. The number of carbonyl (C=O) groups excluding carboxylic acids is 1. The molecule has 1 N–H and O–H groups in total. The van der Waals surface area contributed by atoms with Crippen LogP contribution in [0.3, 0.4) is 0 Å². The molecule has 3 heterocycles. The number of carbonyl (C=O) groups is 1. The second-order valence-electron chi connectivity index (χ2n) is 5.42. The van der Waals surface area contributed by atoms with E-state index in [-0.39, 0.29) is 17.0 Å². The normalized spacial score (nSPS) is 10.8. The molecule has 3 aromatic heterocycles. The molecule has 6 nitrogen and oxygen atoms in total. The van der Waals surface area contributed by atoms with E-state index in [4.69, 9.17) is 0 Å². The van der Waals surface area contributed by atoms with E-state index in [1.165, 1.54) is 28.9 Å². The highest BCUT2D eigenvalue weighted by molar-refractivity contribution is 6.03. The third kappa shape index (κ3) is 2.77. The molecule has 0 unspecified atom stereocenters. The van der Waals surface area contributed by atoms with Crippen LogP contribution in [-0.4, -0.2) is 25.5 Å². The predicted molar refractivity (Wildman–Crippen MR) is 90.5 cm³/mol. The van der Waals surface area contributed by atoms with Crippen LogP contribution in [0.1, 0.15) is 10.5 Å². The Balaban J connectivity index is 1.77. The van der Waals surface area contributed by atoms with Gasteiger partial charge in [-0.05, 0) is 36.4 Å². The molecule has 0 saturated carbocycles. The Morgan fingerprint density at radius 2 is 1.73 bits per heavy atom. The van der Waals surface area contributed by atoms with Crippen molar-refractivity contribution in [1.82, 2.24) is 19.6 Å². The number of aromatic nitrogens is 4. The quantitative estimate of drug-likeness (QED) is 0.615. The molecule has 0 atom stereocenters. The van der Waals surface area contributed by atoms with Gasteiger partial charge in [-0.3, -0.25) is 9.78 Å². The number of benzene rings is 1. The lowest BCUT2D eigenvalue weighted by atomic mass is 10.1. The maximum atomic E-state index is 14.0. The zero-order valence-corrected chi connectivity index (χ0v) is 13.2. The van der Waals surface area contributed by atoms with E-state index >= 15 is 0 Å². The van der Waals surface area contributed by atoms with Crippen LogP contribution >= 0.6 is 0 Å². The fraction of sp³-hybridized carbons (Fsp3) is 0. The van der Waals surface area contributed by atoms with Crippen LogP contribution in [0.25, 0.3) is 16.9 Å². The summed E-state index contributed by atoms with van der Waals surface area (Å²) in [5.74, 6) is -1.93. The Kier molecular flexibility index (Phi) is 3.85. The average molecular weight is 351 g/mol. The Morgan fingerprint density at radius 3 is 2.46 bits per heavy atom. The Morgan fingerprint density at radius 1 is 1.00 bits per heavy atom. The molecule has 0 fully saturated rings. The van der Waals surface area contributed by atoms with Crippen molar-refractivity contribution in [2.45, 2.75) is 0 Å². The first kappa shape index (κ1) is 15.8. The van der Waals surface area contributed by atoms with Gasteiger partial charge in [0.05, 0.1) is 17.5 Å². The number of hydrogen-bond acceptors (Lipinski definition) is 4. The third-order valence-corrected chi connectivity index (χ3v) is 3.75. The first-order valence-electron chi connectivity index (χ1n) is 7.64. The fourth-order valence-corrected chi connectivity index (χ4v) is 2.53.